The first-order chi connectivity index (χ1) is 10.6. The largest absolute Gasteiger partial charge is 0.368 e. The highest BCUT2D eigenvalue weighted by Crippen LogP contribution is 2.31. The average molecular weight is 334 g/mol. The number of nitrogens with two attached hydrogens (primary N) is 1. The van der Waals surface area contributed by atoms with Gasteiger partial charge < -0.3 is 5.73 Å². The Morgan fingerprint density at radius 3 is 2.86 bits per heavy atom. The van der Waals surface area contributed by atoms with Crippen molar-refractivity contribution in [2.24, 2.45) is 5.73 Å². The highest BCUT2D eigenvalue weighted by molar-refractivity contribution is 6.42. The van der Waals surface area contributed by atoms with Crippen molar-refractivity contribution in [1.29, 1.82) is 0 Å². The minimum absolute atomic E-state index is 0.341. The molecule has 1 heterocycles. The quantitative estimate of drug-likeness (QED) is 0.935. The normalized spacial score (nSPS) is 18.0. The van der Waals surface area contributed by atoms with Crippen molar-refractivity contribution in [3.8, 4) is 0 Å². The summed E-state index contributed by atoms with van der Waals surface area (Å²) in [7, 11) is 0. The van der Waals surface area contributed by atoms with Crippen LogP contribution >= 0.6 is 23.2 Å². The lowest BCUT2D eigenvalue weighted by Gasteiger charge is -2.35. The Morgan fingerprint density at radius 1 is 1.32 bits per heavy atom. The number of halogens is 2. The topological polar surface area (TPSA) is 46.3 Å². The van der Waals surface area contributed by atoms with E-state index in [9.17, 15) is 4.79 Å². The van der Waals surface area contributed by atoms with E-state index >= 15 is 0 Å². The number of primary amides is 1. The number of hydrogen-bond acceptors (Lipinski definition) is 2. The molecule has 0 aromatic heterocycles. The number of amides is 1. The van der Waals surface area contributed by atoms with Crippen LogP contribution in [0.3, 0.4) is 0 Å². The summed E-state index contributed by atoms with van der Waals surface area (Å²) in [6.07, 6.45) is 0.873. The fraction of sp³-hybridized carbons (Fsp3) is 0.235. The van der Waals surface area contributed by atoms with Crippen molar-refractivity contribution in [2.45, 2.75) is 19.0 Å². The first-order valence-electron chi connectivity index (χ1n) is 7.02. The van der Waals surface area contributed by atoms with Crippen molar-refractivity contribution >= 4 is 29.1 Å². The Kier molecular flexibility index (Phi) is 4.39. The molecule has 2 aromatic rings. The van der Waals surface area contributed by atoms with Crippen molar-refractivity contribution in [3.05, 3.63) is 69.2 Å². The Hall–Kier alpha value is -1.55. The predicted molar refractivity (Wildman–Crippen MR) is 87.8 cm³/mol. The summed E-state index contributed by atoms with van der Waals surface area (Å²) in [4.78, 5) is 14.0. The molecule has 3 nitrogen and oxygen atoms in total. The second kappa shape index (κ2) is 6.29. The molecule has 1 aliphatic rings. The Balaban J connectivity index is 1.90. The lowest BCUT2D eigenvalue weighted by atomic mass is 9.92. The minimum atomic E-state index is -0.423. The van der Waals surface area contributed by atoms with Crippen molar-refractivity contribution in [1.82, 2.24) is 4.90 Å². The maximum Gasteiger partial charge on any atom is 0.239 e. The second-order valence-corrected chi connectivity index (χ2v) is 6.21. The van der Waals surface area contributed by atoms with Crippen LogP contribution in [0, 0.1) is 6.07 Å². The molecule has 1 amide bonds. The Morgan fingerprint density at radius 2 is 2.14 bits per heavy atom. The number of benzene rings is 2. The van der Waals surface area contributed by atoms with Gasteiger partial charge in [0.15, 0.2) is 0 Å². The molecular formula is C17H15Cl2N2O. The highest BCUT2D eigenvalue weighted by atomic mass is 35.5. The Bertz CT molecular complexity index is 718. The van der Waals surface area contributed by atoms with E-state index < -0.39 is 6.04 Å². The number of nitrogens with zero attached hydrogens (tertiary/aromatic N) is 1. The fourth-order valence-electron chi connectivity index (χ4n) is 2.93. The molecule has 3 rings (SSSR count). The predicted octanol–water partition coefficient (Wildman–Crippen LogP) is 3.38. The van der Waals surface area contributed by atoms with Crippen molar-refractivity contribution in [2.75, 3.05) is 6.54 Å². The summed E-state index contributed by atoms with van der Waals surface area (Å²) in [6, 6.07) is 13.8. The molecule has 2 N–H and O–H groups in total. The summed E-state index contributed by atoms with van der Waals surface area (Å²) in [5, 5.41) is 1.04. The SMILES string of the molecule is NC(=O)C1c2cc[c]cc2CCN1Cc1ccc(Cl)c(Cl)c1. The maximum atomic E-state index is 12.0. The third kappa shape index (κ3) is 2.98. The summed E-state index contributed by atoms with van der Waals surface area (Å²) >= 11 is 12.0. The second-order valence-electron chi connectivity index (χ2n) is 5.40. The lowest BCUT2D eigenvalue weighted by Crippen LogP contribution is -2.42. The van der Waals surface area contributed by atoms with E-state index in [1.54, 1.807) is 6.07 Å². The number of carbonyl (C=O) groups is 1. The lowest BCUT2D eigenvalue weighted by molar-refractivity contribution is -0.124. The van der Waals surface area contributed by atoms with Crippen LogP contribution in [-0.2, 0) is 17.8 Å². The van der Waals surface area contributed by atoms with Gasteiger partial charge in [0.1, 0.15) is 6.04 Å². The van der Waals surface area contributed by atoms with Crippen LogP contribution in [-0.4, -0.2) is 17.4 Å². The molecule has 0 bridgehead atoms. The van der Waals surface area contributed by atoms with Crippen LogP contribution in [0.4, 0.5) is 0 Å². The van der Waals surface area contributed by atoms with Gasteiger partial charge in [-0.2, -0.15) is 0 Å². The van der Waals surface area contributed by atoms with Gasteiger partial charge in [0.25, 0.3) is 0 Å². The van der Waals surface area contributed by atoms with Gasteiger partial charge in [-0.3, -0.25) is 9.69 Å². The molecular weight excluding hydrogens is 319 g/mol. The zero-order valence-corrected chi connectivity index (χ0v) is 13.4. The van der Waals surface area contributed by atoms with Crippen LogP contribution in [0.5, 0.6) is 0 Å². The third-order valence-electron chi connectivity index (χ3n) is 3.95. The summed E-state index contributed by atoms with van der Waals surface area (Å²) in [6.45, 7) is 1.36. The van der Waals surface area contributed by atoms with Crippen LogP contribution in [0.1, 0.15) is 22.7 Å². The van der Waals surface area contributed by atoms with Gasteiger partial charge in [0.2, 0.25) is 5.91 Å². The number of fused-ring (bicyclic) bond motifs is 1. The number of rotatable bonds is 3. The van der Waals surface area contributed by atoms with Crippen molar-refractivity contribution in [3.63, 3.8) is 0 Å². The van der Waals surface area contributed by atoms with Gasteiger partial charge in [-0.1, -0.05) is 47.5 Å². The molecule has 1 unspecified atom stereocenters. The van der Waals surface area contributed by atoms with Gasteiger partial charge in [-0.05, 0) is 41.3 Å². The first kappa shape index (κ1) is 15.3. The van der Waals surface area contributed by atoms with E-state index in [-0.39, 0.29) is 5.91 Å². The molecule has 1 aliphatic heterocycles. The standard InChI is InChI=1S/C17H15Cl2N2O/c18-14-6-5-11(9-15(14)19)10-21-8-7-12-3-1-2-4-13(12)16(21)17(20)22/h2-6,9,16H,7-8,10H2,(H2,20,22). The van der Waals surface area contributed by atoms with Crippen LogP contribution in [0.2, 0.25) is 10.0 Å². The first-order valence-corrected chi connectivity index (χ1v) is 7.78. The Labute approximate surface area is 139 Å². The van der Waals surface area contributed by atoms with Gasteiger partial charge in [-0.25, -0.2) is 0 Å². The number of hydrogen-bond donors (Lipinski definition) is 1. The molecule has 113 valence electrons. The van der Waals surface area contributed by atoms with E-state index in [1.165, 1.54) is 0 Å². The summed E-state index contributed by atoms with van der Waals surface area (Å²) < 4.78 is 0. The zero-order valence-electron chi connectivity index (χ0n) is 11.9. The molecule has 0 spiro atoms. The van der Waals surface area contributed by atoms with E-state index in [4.69, 9.17) is 28.9 Å². The molecule has 22 heavy (non-hydrogen) atoms. The molecule has 0 saturated heterocycles. The van der Waals surface area contributed by atoms with Crippen molar-refractivity contribution < 1.29 is 4.79 Å². The van der Waals surface area contributed by atoms with Gasteiger partial charge in [-0.15, -0.1) is 0 Å². The van der Waals surface area contributed by atoms with E-state index in [0.29, 0.717) is 16.6 Å². The molecule has 0 saturated carbocycles. The minimum Gasteiger partial charge on any atom is -0.368 e. The highest BCUT2D eigenvalue weighted by Gasteiger charge is 2.31. The van der Waals surface area contributed by atoms with Gasteiger partial charge in [0, 0.05) is 13.1 Å². The van der Waals surface area contributed by atoms with Gasteiger partial charge >= 0.3 is 0 Å². The molecule has 1 atom stereocenters. The van der Waals surface area contributed by atoms with Crippen LogP contribution in [0.15, 0.2) is 36.4 Å². The van der Waals surface area contributed by atoms with E-state index in [2.05, 4.69) is 11.0 Å². The van der Waals surface area contributed by atoms with Crippen LogP contribution < -0.4 is 5.73 Å². The summed E-state index contributed by atoms with van der Waals surface area (Å²) in [5.41, 5.74) is 8.75. The van der Waals surface area contributed by atoms with Crippen LogP contribution in [0.25, 0.3) is 0 Å². The van der Waals surface area contributed by atoms with E-state index in [1.807, 2.05) is 30.3 Å². The smallest absolute Gasteiger partial charge is 0.239 e. The van der Waals surface area contributed by atoms with Gasteiger partial charge in [0.05, 0.1) is 10.0 Å². The van der Waals surface area contributed by atoms with E-state index in [0.717, 1.165) is 29.7 Å². The average Bonchev–Trinajstić information content (AvgIpc) is 2.50. The zero-order chi connectivity index (χ0) is 15.7. The third-order valence-corrected chi connectivity index (χ3v) is 4.69. The molecule has 5 heteroatoms. The molecule has 0 aliphatic carbocycles. The molecule has 2 aromatic carbocycles. The fourth-order valence-corrected chi connectivity index (χ4v) is 3.25. The molecule has 1 radical (unpaired) electrons. The maximum absolute atomic E-state index is 12.0. The molecule has 0 fully saturated rings. The monoisotopic (exact) mass is 333 g/mol. The summed E-state index contributed by atoms with van der Waals surface area (Å²) in [5.74, 6) is -0.341. The number of carbonyl (C=O) groups excluding carboxylic acids is 1.